The molecular weight excluding hydrogens is 378 g/mol. The fraction of sp³-hybridized carbons (Fsp3) is 0.435. The number of piperidine rings is 1. The quantitative estimate of drug-likeness (QED) is 0.680. The van der Waals surface area contributed by atoms with E-state index in [1.165, 1.54) is 25.0 Å². The number of carbonyl (C=O) groups is 1. The van der Waals surface area contributed by atoms with Crippen molar-refractivity contribution in [3.05, 3.63) is 48.5 Å². The van der Waals surface area contributed by atoms with Gasteiger partial charge in [0.2, 0.25) is 5.91 Å². The molecule has 156 valence electrons. The molecule has 30 heavy (non-hydrogen) atoms. The van der Waals surface area contributed by atoms with Gasteiger partial charge in [-0.1, -0.05) is 12.5 Å². The minimum atomic E-state index is -0.351. The number of nitrogens with zero attached hydrogens (tertiary/aromatic N) is 4. The SMILES string of the molecule is NC(=O)Cn1ccc2c(OC3CCN(c4cc(C5CCC5)ncn4)CC3)cccc21. The van der Waals surface area contributed by atoms with Crippen LogP contribution in [0.5, 0.6) is 5.75 Å². The van der Waals surface area contributed by atoms with Crippen molar-refractivity contribution in [3.63, 3.8) is 0 Å². The van der Waals surface area contributed by atoms with Crippen LogP contribution in [0.4, 0.5) is 5.82 Å². The van der Waals surface area contributed by atoms with E-state index in [1.54, 1.807) is 6.33 Å². The Balaban J connectivity index is 1.24. The van der Waals surface area contributed by atoms with Crippen LogP contribution >= 0.6 is 0 Å². The maximum absolute atomic E-state index is 11.3. The van der Waals surface area contributed by atoms with Crippen molar-refractivity contribution >= 4 is 22.6 Å². The Morgan fingerprint density at radius 3 is 2.70 bits per heavy atom. The summed E-state index contributed by atoms with van der Waals surface area (Å²) in [5, 5.41) is 1.02. The molecule has 3 heterocycles. The van der Waals surface area contributed by atoms with Crippen molar-refractivity contribution in [2.45, 2.75) is 50.7 Å². The van der Waals surface area contributed by atoms with E-state index in [9.17, 15) is 4.79 Å². The van der Waals surface area contributed by atoms with Crippen molar-refractivity contribution in [2.24, 2.45) is 5.73 Å². The predicted molar refractivity (Wildman–Crippen MR) is 116 cm³/mol. The van der Waals surface area contributed by atoms with Crippen LogP contribution in [-0.2, 0) is 11.3 Å². The minimum Gasteiger partial charge on any atom is -0.490 e. The summed E-state index contributed by atoms with van der Waals surface area (Å²) in [7, 11) is 0. The summed E-state index contributed by atoms with van der Waals surface area (Å²) in [4.78, 5) is 22.6. The van der Waals surface area contributed by atoms with E-state index in [4.69, 9.17) is 10.5 Å². The number of anilines is 1. The van der Waals surface area contributed by atoms with Crippen LogP contribution < -0.4 is 15.4 Å². The molecule has 2 N–H and O–H groups in total. The van der Waals surface area contributed by atoms with Gasteiger partial charge in [0.15, 0.2) is 0 Å². The van der Waals surface area contributed by atoms with Gasteiger partial charge in [0, 0.05) is 55.2 Å². The molecule has 3 aromatic rings. The van der Waals surface area contributed by atoms with Crippen LogP contribution in [0.2, 0.25) is 0 Å². The van der Waals surface area contributed by atoms with Crippen molar-refractivity contribution < 1.29 is 9.53 Å². The lowest BCUT2D eigenvalue weighted by Gasteiger charge is -2.33. The summed E-state index contributed by atoms with van der Waals surface area (Å²) in [6.45, 7) is 2.02. The number of hydrogen-bond acceptors (Lipinski definition) is 5. The van der Waals surface area contributed by atoms with Gasteiger partial charge in [0.25, 0.3) is 0 Å². The summed E-state index contributed by atoms with van der Waals surface area (Å²) < 4.78 is 8.23. The Kier molecular flexibility index (Phi) is 5.02. The highest BCUT2D eigenvalue weighted by Crippen LogP contribution is 2.36. The van der Waals surface area contributed by atoms with Gasteiger partial charge in [-0.25, -0.2) is 9.97 Å². The largest absolute Gasteiger partial charge is 0.490 e. The van der Waals surface area contributed by atoms with Crippen LogP contribution in [0.25, 0.3) is 10.9 Å². The topological polar surface area (TPSA) is 86.3 Å². The second-order valence-electron chi connectivity index (χ2n) is 8.33. The first-order valence-electron chi connectivity index (χ1n) is 10.8. The van der Waals surface area contributed by atoms with Gasteiger partial charge in [-0.2, -0.15) is 0 Å². The summed E-state index contributed by atoms with van der Waals surface area (Å²) in [6.07, 6.45) is 9.47. The Labute approximate surface area is 175 Å². The molecule has 5 rings (SSSR count). The first-order valence-corrected chi connectivity index (χ1v) is 10.8. The Bertz CT molecular complexity index is 1050. The van der Waals surface area contributed by atoms with Crippen molar-refractivity contribution in [1.82, 2.24) is 14.5 Å². The predicted octanol–water partition coefficient (Wildman–Crippen LogP) is 3.23. The third-order valence-corrected chi connectivity index (χ3v) is 6.36. The molecule has 7 heteroatoms. The molecule has 0 atom stereocenters. The van der Waals surface area contributed by atoms with Gasteiger partial charge in [-0.15, -0.1) is 0 Å². The molecule has 0 spiro atoms. The van der Waals surface area contributed by atoms with Crippen LogP contribution in [-0.4, -0.2) is 39.6 Å². The van der Waals surface area contributed by atoms with E-state index >= 15 is 0 Å². The number of amides is 1. The minimum absolute atomic E-state index is 0.166. The number of benzene rings is 1. The van der Waals surface area contributed by atoms with Crippen molar-refractivity contribution in [3.8, 4) is 5.75 Å². The Hall–Kier alpha value is -3.09. The number of nitrogens with two attached hydrogens (primary N) is 1. The number of rotatable bonds is 6. The van der Waals surface area contributed by atoms with E-state index in [2.05, 4.69) is 20.9 Å². The molecule has 0 radical (unpaired) electrons. The molecular formula is C23H27N5O2. The van der Waals surface area contributed by atoms with Crippen molar-refractivity contribution in [1.29, 1.82) is 0 Å². The first kappa shape index (κ1) is 18.9. The molecule has 1 saturated heterocycles. The third kappa shape index (κ3) is 3.72. The number of aromatic nitrogens is 3. The van der Waals surface area contributed by atoms with Crippen LogP contribution in [0.1, 0.15) is 43.7 Å². The molecule has 1 saturated carbocycles. The van der Waals surface area contributed by atoms with Gasteiger partial charge < -0.3 is 19.9 Å². The zero-order valence-electron chi connectivity index (χ0n) is 17.0. The van der Waals surface area contributed by atoms with Gasteiger partial charge in [0.1, 0.15) is 30.5 Å². The fourth-order valence-corrected chi connectivity index (χ4v) is 4.45. The molecule has 7 nitrogen and oxygen atoms in total. The zero-order valence-corrected chi connectivity index (χ0v) is 17.0. The molecule has 2 fully saturated rings. The van der Waals surface area contributed by atoms with Crippen LogP contribution in [0.3, 0.4) is 0 Å². The maximum atomic E-state index is 11.3. The smallest absolute Gasteiger partial charge is 0.237 e. The molecule has 1 amide bonds. The molecule has 0 bridgehead atoms. The second-order valence-corrected chi connectivity index (χ2v) is 8.33. The standard InChI is InChI=1S/C23H27N5O2/c24-22(29)14-28-12-9-18-20(28)5-2-6-21(18)30-17-7-10-27(11-8-17)23-13-19(25-15-26-23)16-3-1-4-16/h2,5-6,9,12-13,15-17H,1,3-4,7-8,10-11,14H2,(H2,24,29). The normalized spacial score (nSPS) is 17.8. The van der Waals surface area contributed by atoms with Gasteiger partial charge in [-0.05, 0) is 31.0 Å². The number of fused-ring (bicyclic) bond motifs is 1. The molecule has 0 unspecified atom stereocenters. The lowest BCUT2D eigenvalue weighted by molar-refractivity contribution is -0.118. The Morgan fingerprint density at radius 2 is 1.97 bits per heavy atom. The monoisotopic (exact) mass is 405 g/mol. The summed E-state index contributed by atoms with van der Waals surface area (Å²) in [5.74, 6) is 2.17. The molecule has 1 aliphatic carbocycles. The van der Waals surface area contributed by atoms with E-state index in [0.29, 0.717) is 5.92 Å². The third-order valence-electron chi connectivity index (χ3n) is 6.36. The average molecular weight is 406 g/mol. The van der Waals surface area contributed by atoms with Crippen LogP contribution in [0.15, 0.2) is 42.9 Å². The highest BCUT2D eigenvalue weighted by Gasteiger charge is 2.25. The van der Waals surface area contributed by atoms with E-state index in [1.807, 2.05) is 35.0 Å². The summed E-state index contributed by atoms with van der Waals surface area (Å²) >= 11 is 0. The summed E-state index contributed by atoms with van der Waals surface area (Å²) in [5.41, 5.74) is 7.51. The van der Waals surface area contributed by atoms with E-state index < -0.39 is 0 Å². The fourth-order valence-electron chi connectivity index (χ4n) is 4.45. The van der Waals surface area contributed by atoms with Gasteiger partial charge >= 0.3 is 0 Å². The number of primary amides is 1. The average Bonchev–Trinajstić information content (AvgIpc) is 3.11. The Morgan fingerprint density at radius 1 is 1.13 bits per heavy atom. The number of ether oxygens (including phenoxy) is 1. The second kappa shape index (κ2) is 7.97. The molecule has 1 aliphatic heterocycles. The number of carbonyl (C=O) groups excluding carboxylic acids is 1. The molecule has 2 aromatic heterocycles. The van der Waals surface area contributed by atoms with E-state index in [-0.39, 0.29) is 18.6 Å². The maximum Gasteiger partial charge on any atom is 0.237 e. The number of hydrogen-bond donors (Lipinski definition) is 1. The lowest BCUT2D eigenvalue weighted by Crippen LogP contribution is -2.38. The molecule has 1 aromatic carbocycles. The first-order chi connectivity index (χ1) is 14.7. The van der Waals surface area contributed by atoms with Crippen molar-refractivity contribution in [2.75, 3.05) is 18.0 Å². The van der Waals surface area contributed by atoms with Crippen LogP contribution in [0, 0.1) is 0 Å². The highest BCUT2D eigenvalue weighted by atomic mass is 16.5. The molecule has 2 aliphatic rings. The van der Waals surface area contributed by atoms with Gasteiger partial charge in [0.05, 0.1) is 5.52 Å². The van der Waals surface area contributed by atoms with Gasteiger partial charge in [-0.3, -0.25) is 4.79 Å². The lowest BCUT2D eigenvalue weighted by atomic mass is 9.83. The zero-order chi connectivity index (χ0) is 20.5. The highest BCUT2D eigenvalue weighted by molar-refractivity contribution is 5.87. The summed E-state index contributed by atoms with van der Waals surface area (Å²) in [6, 6.07) is 10.1. The van der Waals surface area contributed by atoms with E-state index in [0.717, 1.165) is 48.4 Å².